The Balaban J connectivity index is 2.04. The predicted octanol–water partition coefficient (Wildman–Crippen LogP) is 1.72. The van der Waals surface area contributed by atoms with Crippen LogP contribution in [0.5, 0.6) is 0 Å². The minimum absolute atomic E-state index is 0.625. The molecule has 1 saturated carbocycles. The van der Waals surface area contributed by atoms with Crippen LogP contribution in [-0.2, 0) is 6.54 Å². The summed E-state index contributed by atoms with van der Waals surface area (Å²) in [6, 6.07) is 4.15. The van der Waals surface area contributed by atoms with E-state index in [-0.39, 0.29) is 0 Å². The molecule has 1 aliphatic carbocycles. The first-order chi connectivity index (χ1) is 7.88. The molecule has 2 aromatic rings. The van der Waals surface area contributed by atoms with E-state index in [0.717, 1.165) is 18.0 Å². The molecule has 2 aromatic heterocycles. The maximum atomic E-state index is 4.31. The molecule has 0 unspecified atom stereocenters. The zero-order chi connectivity index (χ0) is 11.0. The minimum Gasteiger partial charge on any atom is -0.316 e. The zero-order valence-corrected chi connectivity index (χ0v) is 9.48. The molecular weight excluding hydrogens is 200 g/mol. The van der Waals surface area contributed by atoms with Crippen LogP contribution in [0.2, 0.25) is 0 Å². The van der Waals surface area contributed by atoms with Crippen LogP contribution in [0.1, 0.15) is 36.6 Å². The molecule has 0 radical (unpaired) electrons. The second-order valence-electron chi connectivity index (χ2n) is 4.48. The topological polar surface area (TPSA) is 42.2 Å². The fourth-order valence-corrected chi connectivity index (χ4v) is 2.21. The average molecular weight is 216 g/mol. The molecule has 1 aliphatic rings. The van der Waals surface area contributed by atoms with Crippen LogP contribution in [0.3, 0.4) is 0 Å². The van der Waals surface area contributed by atoms with E-state index in [1.54, 1.807) is 0 Å². The number of pyridine rings is 1. The van der Waals surface area contributed by atoms with E-state index in [2.05, 4.69) is 32.2 Å². The van der Waals surface area contributed by atoms with Gasteiger partial charge in [-0.3, -0.25) is 4.40 Å². The van der Waals surface area contributed by atoms with E-state index in [4.69, 9.17) is 0 Å². The van der Waals surface area contributed by atoms with Crippen molar-refractivity contribution >= 4 is 5.65 Å². The third-order valence-electron chi connectivity index (χ3n) is 3.34. The van der Waals surface area contributed by atoms with Gasteiger partial charge in [0.2, 0.25) is 0 Å². The van der Waals surface area contributed by atoms with Gasteiger partial charge >= 0.3 is 0 Å². The molecule has 0 saturated heterocycles. The minimum atomic E-state index is 0.625. The maximum absolute atomic E-state index is 4.31. The van der Waals surface area contributed by atoms with E-state index in [1.807, 2.05) is 13.1 Å². The molecule has 0 amide bonds. The number of nitrogens with one attached hydrogen (secondary N) is 1. The third-order valence-corrected chi connectivity index (χ3v) is 3.34. The van der Waals surface area contributed by atoms with E-state index >= 15 is 0 Å². The number of nitrogens with zero attached hydrogens (tertiary/aromatic N) is 3. The average Bonchev–Trinajstić information content (AvgIpc) is 2.60. The summed E-state index contributed by atoms with van der Waals surface area (Å²) in [5.41, 5.74) is 2.23. The highest BCUT2D eigenvalue weighted by atomic mass is 15.2. The fourth-order valence-electron chi connectivity index (χ4n) is 2.21. The van der Waals surface area contributed by atoms with Gasteiger partial charge < -0.3 is 5.32 Å². The van der Waals surface area contributed by atoms with Gasteiger partial charge in [0, 0.05) is 18.7 Å². The van der Waals surface area contributed by atoms with Crippen molar-refractivity contribution in [2.75, 3.05) is 7.05 Å². The summed E-state index contributed by atoms with van der Waals surface area (Å²) in [5, 5.41) is 11.7. The van der Waals surface area contributed by atoms with Gasteiger partial charge in [0.25, 0.3) is 0 Å². The lowest BCUT2D eigenvalue weighted by Crippen LogP contribution is -2.13. The van der Waals surface area contributed by atoms with Crippen molar-refractivity contribution in [2.24, 2.45) is 0 Å². The Morgan fingerprint density at radius 2 is 2.25 bits per heavy atom. The zero-order valence-electron chi connectivity index (χ0n) is 9.48. The Morgan fingerprint density at radius 3 is 2.94 bits per heavy atom. The Kier molecular flexibility index (Phi) is 2.36. The normalized spacial score (nSPS) is 16.6. The molecule has 84 valence electrons. The van der Waals surface area contributed by atoms with Gasteiger partial charge in [0.05, 0.1) is 0 Å². The molecule has 0 aliphatic heterocycles. The van der Waals surface area contributed by atoms with Crippen LogP contribution < -0.4 is 5.32 Å². The molecule has 1 N–H and O–H groups in total. The van der Waals surface area contributed by atoms with E-state index in [1.165, 1.54) is 24.8 Å². The van der Waals surface area contributed by atoms with E-state index < -0.39 is 0 Å². The lowest BCUT2D eigenvalue weighted by atomic mass is 9.85. The molecule has 2 heterocycles. The highest BCUT2D eigenvalue weighted by Crippen LogP contribution is 2.35. The van der Waals surface area contributed by atoms with Crippen molar-refractivity contribution < 1.29 is 0 Å². The Morgan fingerprint density at radius 1 is 1.38 bits per heavy atom. The quantitative estimate of drug-likeness (QED) is 0.849. The summed E-state index contributed by atoms with van der Waals surface area (Å²) in [6.45, 7) is 0.887. The van der Waals surface area contributed by atoms with Crippen LogP contribution in [0.4, 0.5) is 0 Å². The van der Waals surface area contributed by atoms with Gasteiger partial charge in [-0.25, -0.2) is 0 Å². The first-order valence-electron chi connectivity index (χ1n) is 5.86. The molecule has 0 atom stereocenters. The maximum Gasteiger partial charge on any atom is 0.160 e. The first kappa shape index (κ1) is 9.78. The van der Waals surface area contributed by atoms with Gasteiger partial charge in [0.1, 0.15) is 5.82 Å². The Labute approximate surface area is 94.7 Å². The van der Waals surface area contributed by atoms with Crippen molar-refractivity contribution in [3.8, 4) is 0 Å². The number of fused-ring (bicyclic) bond motifs is 1. The Bertz CT molecular complexity index is 499. The van der Waals surface area contributed by atoms with Crippen LogP contribution in [0.15, 0.2) is 18.3 Å². The van der Waals surface area contributed by atoms with Gasteiger partial charge in [-0.15, -0.1) is 10.2 Å². The highest BCUT2D eigenvalue weighted by molar-refractivity contribution is 5.40. The molecule has 4 nitrogen and oxygen atoms in total. The SMILES string of the molecule is CNCc1ccc2nnc(C3CCC3)n2c1. The molecular formula is C12H16N4. The largest absolute Gasteiger partial charge is 0.316 e. The number of rotatable bonds is 3. The summed E-state index contributed by atoms with van der Waals surface area (Å²) in [4.78, 5) is 0. The van der Waals surface area contributed by atoms with E-state index in [0.29, 0.717) is 5.92 Å². The molecule has 3 rings (SSSR count). The lowest BCUT2D eigenvalue weighted by molar-refractivity contribution is 0.398. The summed E-state index contributed by atoms with van der Waals surface area (Å²) in [6.07, 6.45) is 6.00. The standard InChI is InChI=1S/C12H16N4/c1-13-7-9-5-6-11-14-15-12(16(11)8-9)10-3-2-4-10/h5-6,8,10,13H,2-4,7H2,1H3. The Hall–Kier alpha value is -1.42. The van der Waals surface area contributed by atoms with Crippen LogP contribution in [0, 0.1) is 0 Å². The molecule has 1 fully saturated rings. The molecule has 0 aromatic carbocycles. The van der Waals surface area contributed by atoms with Crippen molar-refractivity contribution in [3.05, 3.63) is 29.7 Å². The van der Waals surface area contributed by atoms with Gasteiger partial charge in [-0.05, 0) is 31.5 Å². The third kappa shape index (κ3) is 1.50. The van der Waals surface area contributed by atoms with Crippen LogP contribution in [-0.4, -0.2) is 21.6 Å². The van der Waals surface area contributed by atoms with Gasteiger partial charge in [-0.1, -0.05) is 12.5 Å². The van der Waals surface area contributed by atoms with Crippen LogP contribution in [0.25, 0.3) is 5.65 Å². The summed E-state index contributed by atoms with van der Waals surface area (Å²) >= 11 is 0. The number of aromatic nitrogens is 3. The number of hydrogen-bond acceptors (Lipinski definition) is 3. The second-order valence-corrected chi connectivity index (χ2v) is 4.48. The number of hydrogen-bond donors (Lipinski definition) is 1. The van der Waals surface area contributed by atoms with Crippen molar-refractivity contribution in [3.63, 3.8) is 0 Å². The van der Waals surface area contributed by atoms with Crippen molar-refractivity contribution in [1.29, 1.82) is 0 Å². The highest BCUT2D eigenvalue weighted by Gasteiger charge is 2.24. The van der Waals surface area contributed by atoms with Crippen molar-refractivity contribution in [2.45, 2.75) is 31.7 Å². The first-order valence-corrected chi connectivity index (χ1v) is 5.86. The summed E-state index contributed by atoms with van der Waals surface area (Å²) in [5.74, 6) is 1.76. The van der Waals surface area contributed by atoms with Gasteiger partial charge in [0.15, 0.2) is 5.65 Å². The van der Waals surface area contributed by atoms with Gasteiger partial charge in [-0.2, -0.15) is 0 Å². The van der Waals surface area contributed by atoms with E-state index in [9.17, 15) is 0 Å². The monoisotopic (exact) mass is 216 g/mol. The fraction of sp³-hybridized carbons (Fsp3) is 0.500. The predicted molar refractivity (Wildman–Crippen MR) is 62.3 cm³/mol. The summed E-state index contributed by atoms with van der Waals surface area (Å²) in [7, 11) is 1.96. The summed E-state index contributed by atoms with van der Waals surface area (Å²) < 4.78 is 2.15. The van der Waals surface area contributed by atoms with Crippen LogP contribution >= 0.6 is 0 Å². The molecule has 0 bridgehead atoms. The molecule has 16 heavy (non-hydrogen) atoms. The lowest BCUT2D eigenvalue weighted by Gasteiger charge is -2.23. The van der Waals surface area contributed by atoms with Crippen molar-refractivity contribution in [1.82, 2.24) is 19.9 Å². The molecule has 0 spiro atoms. The second kappa shape index (κ2) is 3.87. The molecule has 4 heteroatoms. The smallest absolute Gasteiger partial charge is 0.160 e.